The molecule has 1 saturated carbocycles. The van der Waals surface area contributed by atoms with Gasteiger partial charge in [0, 0.05) is 5.92 Å². The molecule has 0 aromatic carbocycles. The molecule has 0 amide bonds. The Morgan fingerprint density at radius 2 is 1.88 bits per heavy atom. The van der Waals surface area contributed by atoms with Crippen molar-refractivity contribution in [3.8, 4) is 0 Å². The molecule has 144 valence electrons. The van der Waals surface area contributed by atoms with E-state index in [9.17, 15) is 30.3 Å². The lowest BCUT2D eigenvalue weighted by Crippen LogP contribution is -2.62. The van der Waals surface area contributed by atoms with Gasteiger partial charge in [-0.2, -0.15) is 0 Å². The van der Waals surface area contributed by atoms with Gasteiger partial charge in [0.1, 0.15) is 30.0 Å². The Hall–Kier alpha value is -0.810. The Morgan fingerprint density at radius 1 is 1.20 bits per heavy atom. The number of aliphatic hydroxyl groups is 5. The molecule has 9 nitrogen and oxygen atoms in total. The maximum atomic E-state index is 11.8. The minimum Gasteiger partial charge on any atom is -0.465 e. The van der Waals surface area contributed by atoms with E-state index in [1.807, 2.05) is 0 Å². The SMILES string of the molecule is C[C@H]1C(=O)OCC2C1C[C@H](O)[C@@]2(C)O[C@@H]1O[C@H](CO)[C@@H](O)[C@H](O)[C@H]1O. The van der Waals surface area contributed by atoms with Gasteiger partial charge >= 0.3 is 5.97 Å². The largest absolute Gasteiger partial charge is 0.465 e. The summed E-state index contributed by atoms with van der Waals surface area (Å²) in [5, 5.41) is 49.7. The van der Waals surface area contributed by atoms with Crippen molar-refractivity contribution in [2.24, 2.45) is 17.8 Å². The zero-order chi connectivity index (χ0) is 18.5. The smallest absolute Gasteiger partial charge is 0.308 e. The first-order chi connectivity index (χ1) is 11.7. The fourth-order valence-electron chi connectivity index (χ4n) is 4.23. The molecular formula is C16H26O9. The van der Waals surface area contributed by atoms with Crippen LogP contribution in [-0.2, 0) is 19.0 Å². The third-order valence-electron chi connectivity index (χ3n) is 6.05. The second kappa shape index (κ2) is 6.73. The number of ether oxygens (including phenoxy) is 3. The number of hydrogen-bond donors (Lipinski definition) is 5. The van der Waals surface area contributed by atoms with E-state index in [1.165, 1.54) is 0 Å². The molecule has 2 aliphatic heterocycles. The van der Waals surface area contributed by atoms with Crippen molar-refractivity contribution in [2.45, 2.75) is 62.7 Å². The van der Waals surface area contributed by atoms with Crippen molar-refractivity contribution in [2.75, 3.05) is 13.2 Å². The van der Waals surface area contributed by atoms with Crippen LogP contribution in [0, 0.1) is 17.8 Å². The Morgan fingerprint density at radius 3 is 2.52 bits per heavy atom. The fourth-order valence-corrected chi connectivity index (χ4v) is 4.23. The molecule has 1 aliphatic carbocycles. The molecule has 10 atom stereocenters. The molecule has 5 N–H and O–H groups in total. The predicted molar refractivity (Wildman–Crippen MR) is 81.0 cm³/mol. The van der Waals surface area contributed by atoms with Gasteiger partial charge in [-0.05, 0) is 19.3 Å². The molecule has 0 radical (unpaired) electrons. The van der Waals surface area contributed by atoms with Crippen LogP contribution in [0.25, 0.3) is 0 Å². The highest BCUT2D eigenvalue weighted by Crippen LogP contribution is 2.49. The molecule has 0 aromatic rings. The second-order valence-corrected chi connectivity index (χ2v) is 7.44. The first kappa shape index (κ1) is 19.0. The van der Waals surface area contributed by atoms with E-state index in [1.54, 1.807) is 13.8 Å². The summed E-state index contributed by atoms with van der Waals surface area (Å²) >= 11 is 0. The molecule has 0 bridgehead atoms. The van der Waals surface area contributed by atoms with Crippen molar-refractivity contribution < 1.29 is 44.5 Å². The van der Waals surface area contributed by atoms with E-state index >= 15 is 0 Å². The summed E-state index contributed by atoms with van der Waals surface area (Å²) in [6.45, 7) is 2.91. The van der Waals surface area contributed by atoms with Gasteiger partial charge in [-0.15, -0.1) is 0 Å². The van der Waals surface area contributed by atoms with Crippen molar-refractivity contribution in [1.29, 1.82) is 0 Å². The predicted octanol–water partition coefficient (Wildman–Crippen LogP) is -2.25. The maximum Gasteiger partial charge on any atom is 0.308 e. The number of carbonyl (C=O) groups is 1. The minimum atomic E-state index is -1.56. The number of aliphatic hydroxyl groups excluding tert-OH is 5. The molecule has 3 rings (SSSR count). The number of fused-ring (bicyclic) bond motifs is 1. The van der Waals surface area contributed by atoms with Gasteiger partial charge < -0.3 is 39.7 Å². The first-order valence-electron chi connectivity index (χ1n) is 8.53. The summed E-state index contributed by atoms with van der Waals surface area (Å²) in [6.07, 6.45) is -7.61. The summed E-state index contributed by atoms with van der Waals surface area (Å²) in [5.41, 5.74) is -1.17. The molecule has 9 heteroatoms. The fraction of sp³-hybridized carbons (Fsp3) is 0.938. The number of carbonyl (C=O) groups excluding carboxylic acids is 1. The topological polar surface area (TPSA) is 146 Å². The van der Waals surface area contributed by atoms with Gasteiger partial charge in [-0.25, -0.2) is 0 Å². The summed E-state index contributed by atoms with van der Waals surface area (Å²) in [4.78, 5) is 11.8. The molecular weight excluding hydrogens is 336 g/mol. The third kappa shape index (κ3) is 2.97. The van der Waals surface area contributed by atoms with Crippen LogP contribution < -0.4 is 0 Å². The van der Waals surface area contributed by atoms with Crippen LogP contribution in [-0.4, -0.2) is 87.1 Å². The van der Waals surface area contributed by atoms with Crippen molar-refractivity contribution in [1.82, 2.24) is 0 Å². The third-order valence-corrected chi connectivity index (χ3v) is 6.05. The van der Waals surface area contributed by atoms with Crippen LogP contribution >= 0.6 is 0 Å². The lowest BCUT2D eigenvalue weighted by atomic mass is 9.79. The van der Waals surface area contributed by atoms with Crippen LogP contribution in [0.2, 0.25) is 0 Å². The van der Waals surface area contributed by atoms with E-state index < -0.39 is 49.0 Å². The molecule has 0 aromatic heterocycles. The average Bonchev–Trinajstić information content (AvgIpc) is 2.83. The number of hydrogen-bond acceptors (Lipinski definition) is 9. The van der Waals surface area contributed by atoms with Crippen LogP contribution in [0.4, 0.5) is 0 Å². The van der Waals surface area contributed by atoms with E-state index in [2.05, 4.69) is 0 Å². The van der Waals surface area contributed by atoms with E-state index in [0.717, 1.165) is 0 Å². The number of cyclic esters (lactones) is 1. The van der Waals surface area contributed by atoms with Crippen molar-refractivity contribution >= 4 is 5.97 Å². The zero-order valence-electron chi connectivity index (χ0n) is 14.2. The lowest BCUT2D eigenvalue weighted by molar-refractivity contribution is -0.338. The molecule has 2 saturated heterocycles. The summed E-state index contributed by atoms with van der Waals surface area (Å²) < 4.78 is 16.4. The maximum absolute atomic E-state index is 11.8. The van der Waals surface area contributed by atoms with Gasteiger partial charge in [-0.1, -0.05) is 6.92 Å². The van der Waals surface area contributed by atoms with Gasteiger partial charge in [0.2, 0.25) is 0 Å². The molecule has 3 aliphatic rings. The van der Waals surface area contributed by atoms with Gasteiger partial charge in [-0.3, -0.25) is 4.79 Å². The highest BCUT2D eigenvalue weighted by atomic mass is 16.7. The van der Waals surface area contributed by atoms with Gasteiger partial charge in [0.05, 0.1) is 25.2 Å². The molecule has 0 spiro atoms. The molecule has 25 heavy (non-hydrogen) atoms. The average molecular weight is 362 g/mol. The Labute approximate surface area is 145 Å². The van der Waals surface area contributed by atoms with Crippen LogP contribution in [0.5, 0.6) is 0 Å². The summed E-state index contributed by atoms with van der Waals surface area (Å²) in [5.74, 6) is -1.13. The molecule has 2 unspecified atom stereocenters. The van der Waals surface area contributed by atoms with E-state index in [-0.39, 0.29) is 30.3 Å². The Kier molecular flexibility index (Phi) is 5.11. The zero-order valence-corrected chi connectivity index (χ0v) is 14.2. The first-order valence-corrected chi connectivity index (χ1v) is 8.53. The Bertz CT molecular complexity index is 512. The van der Waals surface area contributed by atoms with Gasteiger partial charge in [0.15, 0.2) is 6.29 Å². The molecule has 3 fully saturated rings. The molecule has 2 heterocycles. The number of esters is 1. The van der Waals surface area contributed by atoms with Gasteiger partial charge in [0.25, 0.3) is 0 Å². The minimum absolute atomic E-state index is 0.0822. The monoisotopic (exact) mass is 362 g/mol. The normalized spacial score (nSPS) is 53.4. The number of rotatable bonds is 3. The second-order valence-electron chi connectivity index (χ2n) is 7.44. The highest BCUT2D eigenvalue weighted by Gasteiger charge is 2.59. The lowest BCUT2D eigenvalue weighted by Gasteiger charge is -2.45. The highest BCUT2D eigenvalue weighted by molar-refractivity contribution is 5.73. The quantitative estimate of drug-likeness (QED) is 0.351. The van der Waals surface area contributed by atoms with Crippen LogP contribution in [0.15, 0.2) is 0 Å². The summed E-state index contributed by atoms with van der Waals surface area (Å²) in [7, 11) is 0. The van der Waals surface area contributed by atoms with Crippen molar-refractivity contribution in [3.05, 3.63) is 0 Å². The van der Waals surface area contributed by atoms with Crippen LogP contribution in [0.1, 0.15) is 20.3 Å². The standard InChI is InChI=1S/C16H26O9/c1-6-7-3-10(18)16(2,8(7)5-23-14(6)22)25-15-13(21)12(20)11(19)9(4-17)24-15/h6-13,15,17-21H,3-5H2,1-2H3/t6-,7?,8?,9-,10+,11-,12+,13-,15+,16+/m1/s1. The van der Waals surface area contributed by atoms with E-state index in [0.29, 0.717) is 6.42 Å². The Balaban J connectivity index is 1.80. The van der Waals surface area contributed by atoms with Crippen LogP contribution in [0.3, 0.4) is 0 Å². The summed E-state index contributed by atoms with van der Waals surface area (Å²) in [6, 6.07) is 0. The van der Waals surface area contributed by atoms with E-state index in [4.69, 9.17) is 14.2 Å². The van der Waals surface area contributed by atoms with Crippen molar-refractivity contribution in [3.63, 3.8) is 0 Å².